The van der Waals surface area contributed by atoms with Gasteiger partial charge in [-0.3, -0.25) is 4.79 Å². The van der Waals surface area contributed by atoms with Gasteiger partial charge < -0.3 is 10.1 Å². The molecule has 1 aromatic heterocycles. The van der Waals surface area contributed by atoms with Crippen LogP contribution in [0.15, 0.2) is 15.2 Å². The first kappa shape index (κ1) is 11.1. The summed E-state index contributed by atoms with van der Waals surface area (Å²) in [5.74, 6) is -0.0209. The summed E-state index contributed by atoms with van der Waals surface area (Å²) < 4.78 is 6.40. The number of hydrogen-bond donors (Lipinski definition) is 1. The number of amides is 1. The van der Waals surface area contributed by atoms with E-state index in [0.29, 0.717) is 12.1 Å². The monoisotopic (exact) mass is 289 g/mol. The maximum Gasteiger partial charge on any atom is 0.252 e. The van der Waals surface area contributed by atoms with E-state index in [4.69, 9.17) is 4.74 Å². The highest BCUT2D eigenvalue weighted by molar-refractivity contribution is 9.11. The van der Waals surface area contributed by atoms with Crippen molar-refractivity contribution >= 4 is 33.2 Å². The molecule has 0 unspecified atom stereocenters. The first-order valence-electron chi connectivity index (χ1n) is 4.89. The van der Waals surface area contributed by atoms with Crippen LogP contribution in [0.1, 0.15) is 23.2 Å². The van der Waals surface area contributed by atoms with Crippen LogP contribution in [-0.2, 0) is 4.74 Å². The van der Waals surface area contributed by atoms with E-state index in [9.17, 15) is 4.79 Å². The average Bonchev–Trinajstić information content (AvgIpc) is 2.84. The number of ether oxygens (including phenoxy) is 1. The highest BCUT2D eigenvalue weighted by Crippen LogP contribution is 2.20. The fraction of sp³-hybridized carbons (Fsp3) is 0.500. The largest absolute Gasteiger partial charge is 0.376 e. The lowest BCUT2D eigenvalue weighted by Crippen LogP contribution is -2.31. The third-order valence-electron chi connectivity index (χ3n) is 2.34. The van der Waals surface area contributed by atoms with Crippen LogP contribution in [0.5, 0.6) is 0 Å². The van der Waals surface area contributed by atoms with Gasteiger partial charge >= 0.3 is 0 Å². The van der Waals surface area contributed by atoms with Crippen LogP contribution in [0.3, 0.4) is 0 Å². The van der Waals surface area contributed by atoms with Crippen molar-refractivity contribution < 1.29 is 9.53 Å². The zero-order valence-corrected chi connectivity index (χ0v) is 10.6. The third-order valence-corrected chi connectivity index (χ3v) is 3.85. The normalized spacial score (nSPS) is 20.5. The molecule has 2 heterocycles. The minimum atomic E-state index is -0.0209. The van der Waals surface area contributed by atoms with Crippen molar-refractivity contribution in [3.8, 4) is 0 Å². The van der Waals surface area contributed by atoms with Crippen LogP contribution in [0.25, 0.3) is 0 Å². The molecule has 0 aliphatic carbocycles. The Morgan fingerprint density at radius 3 is 3.20 bits per heavy atom. The Morgan fingerprint density at radius 2 is 2.60 bits per heavy atom. The molecular formula is C10H12BrNO2S. The van der Waals surface area contributed by atoms with Crippen LogP contribution in [-0.4, -0.2) is 25.2 Å². The zero-order valence-electron chi connectivity index (χ0n) is 8.16. The molecular weight excluding hydrogens is 278 g/mol. The first-order valence-corrected chi connectivity index (χ1v) is 6.57. The lowest BCUT2D eigenvalue weighted by molar-refractivity contribution is 0.0858. The molecule has 0 bridgehead atoms. The Hall–Kier alpha value is -0.390. The molecule has 1 saturated heterocycles. The van der Waals surface area contributed by atoms with Crippen LogP contribution in [0.4, 0.5) is 0 Å². The molecule has 1 aliphatic rings. The van der Waals surface area contributed by atoms with Gasteiger partial charge in [0.1, 0.15) is 0 Å². The summed E-state index contributed by atoms with van der Waals surface area (Å²) in [6.45, 7) is 1.44. The third kappa shape index (κ3) is 3.03. The van der Waals surface area contributed by atoms with Gasteiger partial charge in [-0.2, -0.15) is 0 Å². The molecule has 0 radical (unpaired) electrons. The quantitative estimate of drug-likeness (QED) is 0.928. The maximum atomic E-state index is 11.6. The van der Waals surface area contributed by atoms with Crippen LogP contribution >= 0.6 is 27.3 Å². The fourth-order valence-corrected chi connectivity index (χ4v) is 2.68. The van der Waals surface area contributed by atoms with Crippen molar-refractivity contribution in [2.24, 2.45) is 0 Å². The van der Waals surface area contributed by atoms with Gasteiger partial charge in [0.2, 0.25) is 0 Å². The summed E-state index contributed by atoms with van der Waals surface area (Å²) >= 11 is 4.85. The second kappa shape index (κ2) is 5.09. The molecule has 5 heteroatoms. The van der Waals surface area contributed by atoms with Gasteiger partial charge in [0.05, 0.1) is 15.5 Å². The van der Waals surface area contributed by atoms with Gasteiger partial charge in [-0.05, 0) is 34.8 Å². The van der Waals surface area contributed by atoms with E-state index in [0.717, 1.165) is 23.2 Å². The van der Waals surface area contributed by atoms with Crippen molar-refractivity contribution in [3.05, 3.63) is 20.8 Å². The zero-order chi connectivity index (χ0) is 10.7. The van der Waals surface area contributed by atoms with E-state index in [1.165, 1.54) is 11.3 Å². The molecule has 1 atom stereocenters. The second-order valence-electron chi connectivity index (χ2n) is 3.48. The van der Waals surface area contributed by atoms with E-state index in [1.807, 2.05) is 11.4 Å². The summed E-state index contributed by atoms with van der Waals surface area (Å²) in [5, 5.41) is 4.72. The molecule has 82 valence electrons. The van der Waals surface area contributed by atoms with Gasteiger partial charge in [0, 0.05) is 18.5 Å². The highest BCUT2D eigenvalue weighted by Gasteiger charge is 2.16. The number of thiophene rings is 1. The van der Waals surface area contributed by atoms with Gasteiger partial charge in [0.15, 0.2) is 0 Å². The minimum Gasteiger partial charge on any atom is -0.376 e. The fourth-order valence-electron chi connectivity index (χ4n) is 1.54. The summed E-state index contributed by atoms with van der Waals surface area (Å²) in [5.41, 5.74) is 0.713. The van der Waals surface area contributed by atoms with Crippen molar-refractivity contribution in [1.82, 2.24) is 5.32 Å². The summed E-state index contributed by atoms with van der Waals surface area (Å²) in [6.07, 6.45) is 2.36. The Bertz CT molecular complexity index is 347. The summed E-state index contributed by atoms with van der Waals surface area (Å²) in [4.78, 5) is 11.6. The predicted molar refractivity (Wildman–Crippen MR) is 63.3 cm³/mol. The number of carbonyl (C=O) groups excluding carboxylic acids is 1. The van der Waals surface area contributed by atoms with Gasteiger partial charge in [0.25, 0.3) is 5.91 Å². The molecule has 0 aromatic carbocycles. The van der Waals surface area contributed by atoms with Crippen molar-refractivity contribution in [1.29, 1.82) is 0 Å². The average molecular weight is 290 g/mol. The SMILES string of the molecule is O=C(NC[C@H]1CCCO1)c1csc(Br)c1. The van der Waals surface area contributed by atoms with Gasteiger partial charge in [-0.1, -0.05) is 0 Å². The molecule has 15 heavy (non-hydrogen) atoms. The standard InChI is InChI=1S/C10H12BrNO2S/c11-9-4-7(6-15-9)10(13)12-5-8-2-1-3-14-8/h4,6,8H,1-3,5H2,(H,12,13)/t8-/m1/s1. The Labute approximate surface area is 101 Å². The molecule has 1 aliphatic heterocycles. The highest BCUT2D eigenvalue weighted by atomic mass is 79.9. The number of rotatable bonds is 3. The number of carbonyl (C=O) groups is 1. The van der Waals surface area contributed by atoms with Crippen molar-refractivity contribution in [2.75, 3.05) is 13.2 Å². The Kier molecular flexibility index (Phi) is 3.77. The Balaban J connectivity index is 1.81. The Morgan fingerprint density at radius 1 is 1.73 bits per heavy atom. The molecule has 0 saturated carbocycles. The lowest BCUT2D eigenvalue weighted by atomic mass is 10.2. The molecule has 3 nitrogen and oxygen atoms in total. The smallest absolute Gasteiger partial charge is 0.252 e. The molecule has 0 spiro atoms. The van der Waals surface area contributed by atoms with Gasteiger partial charge in [-0.15, -0.1) is 11.3 Å². The van der Waals surface area contributed by atoms with Crippen LogP contribution in [0.2, 0.25) is 0 Å². The first-order chi connectivity index (χ1) is 7.25. The molecule has 2 rings (SSSR count). The predicted octanol–water partition coefficient (Wildman–Crippen LogP) is 2.42. The lowest BCUT2D eigenvalue weighted by Gasteiger charge is -2.09. The molecule has 1 N–H and O–H groups in total. The van der Waals surface area contributed by atoms with E-state index in [1.54, 1.807) is 0 Å². The molecule has 1 amide bonds. The van der Waals surface area contributed by atoms with Crippen LogP contribution < -0.4 is 5.32 Å². The summed E-state index contributed by atoms with van der Waals surface area (Å²) in [7, 11) is 0. The number of nitrogens with one attached hydrogen (secondary N) is 1. The molecule has 1 fully saturated rings. The summed E-state index contributed by atoms with van der Waals surface area (Å²) in [6, 6.07) is 1.83. The van der Waals surface area contributed by atoms with E-state index >= 15 is 0 Å². The van der Waals surface area contributed by atoms with Gasteiger partial charge in [-0.25, -0.2) is 0 Å². The van der Waals surface area contributed by atoms with Crippen molar-refractivity contribution in [2.45, 2.75) is 18.9 Å². The van der Waals surface area contributed by atoms with Crippen LogP contribution in [0, 0.1) is 0 Å². The van der Waals surface area contributed by atoms with Crippen molar-refractivity contribution in [3.63, 3.8) is 0 Å². The maximum absolute atomic E-state index is 11.6. The van der Waals surface area contributed by atoms with E-state index in [2.05, 4.69) is 21.2 Å². The van der Waals surface area contributed by atoms with E-state index < -0.39 is 0 Å². The van der Waals surface area contributed by atoms with E-state index in [-0.39, 0.29) is 12.0 Å². The number of hydrogen-bond acceptors (Lipinski definition) is 3. The second-order valence-corrected chi connectivity index (χ2v) is 5.78. The number of halogens is 1. The topological polar surface area (TPSA) is 38.3 Å². The minimum absolute atomic E-state index is 0.0209. The molecule has 1 aromatic rings.